The van der Waals surface area contributed by atoms with Gasteiger partial charge in [0.1, 0.15) is 5.01 Å². The highest BCUT2D eigenvalue weighted by Crippen LogP contribution is 2.20. The number of esters is 1. The minimum atomic E-state index is -3.71. The van der Waals surface area contributed by atoms with Gasteiger partial charge in [-0.25, -0.2) is 18.1 Å². The highest BCUT2D eigenvalue weighted by molar-refractivity contribution is 7.89. The third-order valence-electron chi connectivity index (χ3n) is 3.38. The minimum absolute atomic E-state index is 0.0872. The van der Waals surface area contributed by atoms with Crippen molar-refractivity contribution in [3.63, 3.8) is 0 Å². The van der Waals surface area contributed by atoms with E-state index in [2.05, 4.69) is 9.71 Å². The van der Waals surface area contributed by atoms with E-state index < -0.39 is 34.3 Å². The fraction of sp³-hybridized carbons (Fsp3) is 0.294. The molecule has 1 unspecified atom stereocenters. The second-order valence-corrected chi connectivity index (χ2v) is 8.13. The Balaban J connectivity index is 1.79. The van der Waals surface area contributed by atoms with Crippen molar-refractivity contribution in [1.29, 1.82) is 5.26 Å². The zero-order chi connectivity index (χ0) is 19.9. The molecule has 142 valence electrons. The summed E-state index contributed by atoms with van der Waals surface area (Å²) in [5, 5.41) is 11.2. The van der Waals surface area contributed by atoms with Crippen molar-refractivity contribution in [2.24, 2.45) is 0 Å². The van der Waals surface area contributed by atoms with Gasteiger partial charge < -0.3 is 4.74 Å². The number of carbonyl (C=O) groups is 2. The molecule has 0 spiro atoms. The maximum atomic E-state index is 12.1. The third kappa shape index (κ3) is 5.96. The van der Waals surface area contributed by atoms with E-state index in [1.807, 2.05) is 6.07 Å². The van der Waals surface area contributed by atoms with Crippen molar-refractivity contribution in [3.8, 4) is 6.07 Å². The number of ether oxygens (including phenoxy) is 1. The molecule has 0 saturated heterocycles. The zero-order valence-corrected chi connectivity index (χ0v) is 16.0. The molecule has 27 heavy (non-hydrogen) atoms. The Bertz CT molecular complexity index is 948. The number of nitrogens with zero attached hydrogens (tertiary/aromatic N) is 2. The van der Waals surface area contributed by atoms with Crippen molar-refractivity contribution < 1.29 is 22.7 Å². The van der Waals surface area contributed by atoms with Gasteiger partial charge in [0.05, 0.1) is 17.4 Å². The van der Waals surface area contributed by atoms with E-state index in [1.54, 1.807) is 30.5 Å². The number of nitrogens with one attached hydrogen (secondary N) is 1. The molecule has 0 aliphatic rings. The van der Waals surface area contributed by atoms with Gasteiger partial charge in [-0.15, -0.1) is 11.3 Å². The van der Waals surface area contributed by atoms with E-state index in [9.17, 15) is 18.0 Å². The average molecular weight is 407 g/mol. The fourth-order valence-corrected chi connectivity index (χ4v) is 3.96. The summed E-state index contributed by atoms with van der Waals surface area (Å²) >= 11 is 1.19. The Labute approximate surface area is 160 Å². The number of sulfonamides is 1. The largest absolute Gasteiger partial charge is 0.458 e. The van der Waals surface area contributed by atoms with Crippen LogP contribution in [0.15, 0.2) is 40.6 Å². The molecule has 1 heterocycles. The Morgan fingerprint density at radius 2 is 2.04 bits per heavy atom. The standard InChI is InChI=1S/C17H17N3O5S2/c1-12-11-26-17(20-12)14(9-18)15(21)10-25-16(22)7-8-19-27(23,24)13-5-3-2-4-6-13/h2-6,11,14,19H,7-8,10H2,1H3. The van der Waals surface area contributed by atoms with E-state index in [1.165, 1.54) is 23.5 Å². The molecule has 2 rings (SSSR count). The Hall–Kier alpha value is -2.61. The molecule has 1 N–H and O–H groups in total. The van der Waals surface area contributed by atoms with Crippen molar-refractivity contribution in [2.45, 2.75) is 24.2 Å². The summed E-state index contributed by atoms with van der Waals surface area (Å²) in [6.07, 6.45) is -0.243. The zero-order valence-electron chi connectivity index (χ0n) is 14.4. The van der Waals surface area contributed by atoms with E-state index in [-0.39, 0.29) is 17.9 Å². The summed E-state index contributed by atoms with van der Waals surface area (Å²) < 4.78 is 31.1. The van der Waals surface area contributed by atoms with Crippen LogP contribution in [0.5, 0.6) is 0 Å². The molecule has 8 nitrogen and oxygen atoms in total. The van der Waals surface area contributed by atoms with Crippen LogP contribution in [0.25, 0.3) is 0 Å². The maximum absolute atomic E-state index is 12.1. The Morgan fingerprint density at radius 3 is 2.63 bits per heavy atom. The van der Waals surface area contributed by atoms with Gasteiger partial charge in [-0.3, -0.25) is 9.59 Å². The molecular weight excluding hydrogens is 390 g/mol. The van der Waals surface area contributed by atoms with E-state index >= 15 is 0 Å². The molecule has 0 fully saturated rings. The molecular formula is C17H17N3O5S2. The van der Waals surface area contributed by atoms with Crippen LogP contribution in [0.4, 0.5) is 0 Å². The lowest BCUT2D eigenvalue weighted by molar-refractivity contribution is -0.147. The van der Waals surface area contributed by atoms with Crippen LogP contribution < -0.4 is 4.72 Å². The molecule has 0 aliphatic carbocycles. The van der Waals surface area contributed by atoms with Crippen LogP contribution in [0.2, 0.25) is 0 Å². The maximum Gasteiger partial charge on any atom is 0.307 e. The van der Waals surface area contributed by atoms with Gasteiger partial charge in [0.15, 0.2) is 18.3 Å². The van der Waals surface area contributed by atoms with Crippen molar-refractivity contribution in [1.82, 2.24) is 9.71 Å². The number of ketones is 1. The molecule has 1 aromatic heterocycles. The third-order valence-corrected chi connectivity index (χ3v) is 5.89. The monoisotopic (exact) mass is 407 g/mol. The van der Waals surface area contributed by atoms with Gasteiger partial charge in [-0.1, -0.05) is 18.2 Å². The number of aromatic nitrogens is 1. The number of hydrogen-bond acceptors (Lipinski definition) is 8. The second-order valence-electron chi connectivity index (χ2n) is 5.48. The van der Waals surface area contributed by atoms with Gasteiger partial charge in [-0.05, 0) is 19.1 Å². The van der Waals surface area contributed by atoms with Gasteiger partial charge >= 0.3 is 5.97 Å². The molecule has 2 aromatic rings. The Kier molecular flexibility index (Phi) is 7.18. The number of thiazole rings is 1. The van der Waals surface area contributed by atoms with Crippen molar-refractivity contribution in [3.05, 3.63) is 46.4 Å². The summed E-state index contributed by atoms with van der Waals surface area (Å²) in [5.41, 5.74) is 0.700. The number of aryl methyl sites for hydroxylation is 1. The molecule has 0 saturated carbocycles. The number of benzene rings is 1. The molecule has 1 aromatic carbocycles. The van der Waals surface area contributed by atoms with Crippen LogP contribution in [0, 0.1) is 18.3 Å². The summed E-state index contributed by atoms with van der Waals surface area (Å²) in [6, 6.07) is 9.58. The smallest absolute Gasteiger partial charge is 0.307 e. The van der Waals surface area contributed by atoms with Gasteiger partial charge in [0, 0.05) is 17.6 Å². The van der Waals surface area contributed by atoms with Crippen LogP contribution in [-0.4, -0.2) is 38.3 Å². The highest BCUT2D eigenvalue weighted by Gasteiger charge is 2.24. The van der Waals surface area contributed by atoms with Crippen molar-refractivity contribution in [2.75, 3.05) is 13.2 Å². The minimum Gasteiger partial charge on any atom is -0.458 e. The second kappa shape index (κ2) is 9.36. The first-order valence-corrected chi connectivity index (χ1v) is 10.2. The molecule has 0 amide bonds. The van der Waals surface area contributed by atoms with E-state index in [0.29, 0.717) is 10.7 Å². The molecule has 0 aliphatic heterocycles. The van der Waals surface area contributed by atoms with Crippen LogP contribution in [0.1, 0.15) is 23.0 Å². The SMILES string of the molecule is Cc1csc(C(C#N)C(=O)COC(=O)CCNS(=O)(=O)c2ccccc2)n1. The quantitative estimate of drug-likeness (QED) is 0.625. The summed E-state index contributed by atoms with van der Waals surface area (Å²) in [5.74, 6) is -2.41. The molecule has 0 radical (unpaired) electrons. The first-order valence-electron chi connectivity index (χ1n) is 7.88. The van der Waals surface area contributed by atoms with E-state index in [4.69, 9.17) is 10.00 Å². The van der Waals surface area contributed by atoms with Crippen molar-refractivity contribution >= 4 is 33.1 Å². The lowest BCUT2D eigenvalue weighted by Crippen LogP contribution is -2.27. The molecule has 1 atom stereocenters. The average Bonchev–Trinajstić information content (AvgIpc) is 3.07. The number of Topliss-reactive ketones (excluding diaryl/α,β-unsaturated/α-hetero) is 1. The number of rotatable bonds is 9. The fourth-order valence-electron chi connectivity index (χ4n) is 2.05. The van der Waals surface area contributed by atoms with Crippen LogP contribution in [0.3, 0.4) is 0 Å². The number of carbonyl (C=O) groups excluding carboxylic acids is 2. The number of hydrogen-bond donors (Lipinski definition) is 1. The summed E-state index contributed by atoms with van der Waals surface area (Å²) in [7, 11) is -3.71. The van der Waals surface area contributed by atoms with E-state index in [0.717, 1.165) is 0 Å². The molecule has 10 heteroatoms. The highest BCUT2D eigenvalue weighted by atomic mass is 32.2. The summed E-state index contributed by atoms with van der Waals surface area (Å²) in [6.45, 7) is 1.01. The lowest BCUT2D eigenvalue weighted by atomic mass is 10.1. The topological polar surface area (TPSA) is 126 Å². The Morgan fingerprint density at radius 1 is 1.33 bits per heavy atom. The van der Waals surface area contributed by atoms with Crippen LogP contribution >= 0.6 is 11.3 Å². The van der Waals surface area contributed by atoms with Gasteiger partial charge in [-0.2, -0.15) is 5.26 Å². The van der Waals surface area contributed by atoms with Gasteiger partial charge in [0.25, 0.3) is 0 Å². The summed E-state index contributed by atoms with van der Waals surface area (Å²) in [4.78, 5) is 28.0. The predicted molar refractivity (Wildman–Crippen MR) is 97.4 cm³/mol. The first kappa shape index (κ1) is 20.7. The molecule has 0 bridgehead atoms. The number of nitriles is 1. The van der Waals surface area contributed by atoms with Gasteiger partial charge in [0.2, 0.25) is 10.0 Å². The predicted octanol–water partition coefficient (Wildman–Crippen LogP) is 1.54. The normalized spacial score (nSPS) is 12.1. The van der Waals surface area contributed by atoms with Crippen LogP contribution in [-0.2, 0) is 24.3 Å². The lowest BCUT2D eigenvalue weighted by Gasteiger charge is -2.08. The first-order chi connectivity index (χ1) is 12.8.